The highest BCUT2D eigenvalue weighted by Crippen LogP contribution is 2.32. The molecule has 1 aromatic heterocycles. The van der Waals surface area contributed by atoms with Crippen LogP contribution in [0.2, 0.25) is 0 Å². The molecule has 3 aromatic carbocycles. The van der Waals surface area contributed by atoms with Gasteiger partial charge >= 0.3 is 0 Å². The Bertz CT molecular complexity index is 1210. The van der Waals surface area contributed by atoms with Crippen molar-refractivity contribution in [1.29, 1.82) is 0 Å². The van der Waals surface area contributed by atoms with Crippen molar-refractivity contribution in [2.45, 2.75) is 20.8 Å². The van der Waals surface area contributed by atoms with E-state index in [9.17, 15) is 4.79 Å². The number of hydrogen-bond acceptors (Lipinski definition) is 2. The number of pyridine rings is 1. The van der Waals surface area contributed by atoms with Crippen LogP contribution in [0.1, 0.15) is 27.0 Å². The predicted molar refractivity (Wildman–Crippen MR) is 123 cm³/mol. The molecular weight excluding hydrogens is 424 g/mol. The Kier molecular flexibility index (Phi) is 5.20. The molecule has 0 radical (unpaired) electrons. The predicted octanol–water partition coefficient (Wildman–Crippen LogP) is 6.84. The molecule has 0 unspecified atom stereocenters. The van der Waals surface area contributed by atoms with Gasteiger partial charge in [-0.25, -0.2) is 4.98 Å². The Morgan fingerprint density at radius 1 is 0.897 bits per heavy atom. The number of anilines is 1. The number of para-hydroxylation sites is 1. The van der Waals surface area contributed by atoms with Crippen LogP contribution >= 0.6 is 15.9 Å². The average molecular weight is 445 g/mol. The summed E-state index contributed by atoms with van der Waals surface area (Å²) in [4.78, 5) is 18.4. The van der Waals surface area contributed by atoms with Gasteiger partial charge in [-0.1, -0.05) is 64.5 Å². The van der Waals surface area contributed by atoms with Gasteiger partial charge < -0.3 is 5.32 Å². The molecule has 0 fully saturated rings. The number of halogens is 1. The molecule has 0 aliphatic heterocycles. The number of aryl methyl sites for hydroxylation is 2. The van der Waals surface area contributed by atoms with E-state index in [1.807, 2.05) is 87.5 Å². The number of carbonyl (C=O) groups excluding carboxylic acids is 1. The summed E-state index contributed by atoms with van der Waals surface area (Å²) in [6.07, 6.45) is 0. The van der Waals surface area contributed by atoms with E-state index < -0.39 is 0 Å². The first-order chi connectivity index (χ1) is 14.0. The van der Waals surface area contributed by atoms with E-state index in [1.54, 1.807) is 0 Å². The molecule has 0 aliphatic rings. The minimum Gasteiger partial charge on any atom is -0.321 e. The standard InChI is InChI=1S/C25H21BrN2O/c1-15-8-7-9-16(2)23(15)28-25(29)22-17(3)24(18-10-5-4-6-11-18)27-21-13-12-19(26)14-20(21)22/h4-14H,1-3H3,(H,28,29). The molecule has 0 bridgehead atoms. The Hall–Kier alpha value is -2.98. The lowest BCUT2D eigenvalue weighted by atomic mass is 9.97. The zero-order chi connectivity index (χ0) is 20.5. The van der Waals surface area contributed by atoms with Crippen molar-refractivity contribution >= 4 is 38.4 Å². The van der Waals surface area contributed by atoms with Gasteiger partial charge in [-0.15, -0.1) is 0 Å². The van der Waals surface area contributed by atoms with Crippen LogP contribution in [0.5, 0.6) is 0 Å². The molecule has 3 nitrogen and oxygen atoms in total. The Labute approximate surface area is 178 Å². The van der Waals surface area contributed by atoms with Crippen molar-refractivity contribution in [1.82, 2.24) is 4.98 Å². The summed E-state index contributed by atoms with van der Waals surface area (Å²) in [7, 11) is 0. The van der Waals surface area contributed by atoms with Crippen molar-refractivity contribution in [3.8, 4) is 11.3 Å². The van der Waals surface area contributed by atoms with Gasteiger partial charge in [0.2, 0.25) is 0 Å². The van der Waals surface area contributed by atoms with E-state index >= 15 is 0 Å². The summed E-state index contributed by atoms with van der Waals surface area (Å²) in [5.41, 5.74) is 7.08. The third kappa shape index (κ3) is 3.68. The van der Waals surface area contributed by atoms with Crippen LogP contribution in [0.15, 0.2) is 71.2 Å². The highest BCUT2D eigenvalue weighted by atomic mass is 79.9. The molecule has 4 heteroatoms. The van der Waals surface area contributed by atoms with Gasteiger partial charge in [0, 0.05) is 21.1 Å². The minimum atomic E-state index is -0.123. The number of nitrogens with one attached hydrogen (secondary N) is 1. The number of amides is 1. The molecule has 0 aliphatic carbocycles. The van der Waals surface area contributed by atoms with E-state index in [-0.39, 0.29) is 5.91 Å². The third-order valence-corrected chi connectivity index (χ3v) is 5.68. The second kappa shape index (κ2) is 7.80. The zero-order valence-electron chi connectivity index (χ0n) is 16.6. The van der Waals surface area contributed by atoms with E-state index in [0.29, 0.717) is 5.56 Å². The van der Waals surface area contributed by atoms with Gasteiger partial charge in [-0.2, -0.15) is 0 Å². The van der Waals surface area contributed by atoms with Gasteiger partial charge in [0.25, 0.3) is 5.91 Å². The summed E-state index contributed by atoms with van der Waals surface area (Å²) in [6.45, 7) is 5.98. The van der Waals surface area contributed by atoms with Crippen LogP contribution in [0.25, 0.3) is 22.2 Å². The summed E-state index contributed by atoms with van der Waals surface area (Å²) in [5.74, 6) is -0.123. The fourth-order valence-corrected chi connectivity index (χ4v) is 4.05. The van der Waals surface area contributed by atoms with Crippen LogP contribution in [0.3, 0.4) is 0 Å². The maximum atomic E-state index is 13.5. The molecular formula is C25H21BrN2O. The second-order valence-corrected chi connectivity index (χ2v) is 8.12. The lowest BCUT2D eigenvalue weighted by molar-refractivity contribution is 0.102. The molecule has 0 atom stereocenters. The number of carbonyl (C=O) groups is 1. The smallest absolute Gasteiger partial charge is 0.256 e. The number of benzene rings is 3. The SMILES string of the molecule is Cc1cccc(C)c1NC(=O)c1c(C)c(-c2ccccc2)nc2ccc(Br)cc12. The monoisotopic (exact) mass is 444 g/mol. The van der Waals surface area contributed by atoms with Crippen molar-refractivity contribution in [2.24, 2.45) is 0 Å². The van der Waals surface area contributed by atoms with Crippen LogP contribution < -0.4 is 5.32 Å². The van der Waals surface area contributed by atoms with Crippen molar-refractivity contribution < 1.29 is 4.79 Å². The maximum Gasteiger partial charge on any atom is 0.256 e. The van der Waals surface area contributed by atoms with Crippen molar-refractivity contribution in [3.63, 3.8) is 0 Å². The number of rotatable bonds is 3. The molecule has 0 spiro atoms. The largest absolute Gasteiger partial charge is 0.321 e. The summed E-state index contributed by atoms with van der Waals surface area (Å²) in [6, 6.07) is 21.9. The fourth-order valence-electron chi connectivity index (χ4n) is 3.69. The molecule has 1 heterocycles. The van der Waals surface area contributed by atoms with Gasteiger partial charge in [-0.3, -0.25) is 4.79 Å². The first kappa shape index (κ1) is 19.3. The van der Waals surface area contributed by atoms with Crippen molar-refractivity contribution in [3.05, 3.63) is 93.5 Å². The molecule has 4 aromatic rings. The molecule has 144 valence electrons. The number of hydrogen-bond donors (Lipinski definition) is 1. The van der Waals surface area contributed by atoms with Crippen molar-refractivity contribution in [2.75, 3.05) is 5.32 Å². The maximum absolute atomic E-state index is 13.5. The van der Waals surface area contributed by atoms with Gasteiger partial charge in [0.1, 0.15) is 0 Å². The summed E-state index contributed by atoms with van der Waals surface area (Å²) < 4.78 is 0.916. The van der Waals surface area contributed by atoms with Crippen LogP contribution in [-0.2, 0) is 0 Å². The lowest BCUT2D eigenvalue weighted by Gasteiger charge is -2.17. The molecule has 4 rings (SSSR count). The quantitative estimate of drug-likeness (QED) is 0.375. The van der Waals surface area contributed by atoms with Gasteiger partial charge in [0.05, 0.1) is 16.8 Å². The molecule has 1 amide bonds. The number of nitrogens with zero attached hydrogens (tertiary/aromatic N) is 1. The van der Waals surface area contributed by atoms with E-state index in [1.165, 1.54) is 0 Å². The van der Waals surface area contributed by atoms with Gasteiger partial charge in [-0.05, 0) is 55.7 Å². The lowest BCUT2D eigenvalue weighted by Crippen LogP contribution is -2.16. The zero-order valence-corrected chi connectivity index (χ0v) is 18.2. The van der Waals surface area contributed by atoms with Crippen LogP contribution in [0.4, 0.5) is 5.69 Å². The Morgan fingerprint density at radius 3 is 2.28 bits per heavy atom. The van der Waals surface area contributed by atoms with Crippen LogP contribution in [-0.4, -0.2) is 10.9 Å². The highest BCUT2D eigenvalue weighted by molar-refractivity contribution is 9.10. The Morgan fingerprint density at radius 2 is 1.59 bits per heavy atom. The first-order valence-electron chi connectivity index (χ1n) is 9.48. The molecule has 0 saturated heterocycles. The first-order valence-corrected chi connectivity index (χ1v) is 10.3. The number of fused-ring (bicyclic) bond motifs is 1. The third-order valence-electron chi connectivity index (χ3n) is 5.18. The topological polar surface area (TPSA) is 42.0 Å². The highest BCUT2D eigenvalue weighted by Gasteiger charge is 2.20. The number of aromatic nitrogens is 1. The molecule has 1 N–H and O–H groups in total. The van der Waals surface area contributed by atoms with E-state index in [4.69, 9.17) is 4.98 Å². The van der Waals surface area contributed by atoms with E-state index in [0.717, 1.165) is 49.0 Å². The second-order valence-electron chi connectivity index (χ2n) is 7.21. The van der Waals surface area contributed by atoms with Gasteiger partial charge in [0.15, 0.2) is 0 Å². The minimum absolute atomic E-state index is 0.123. The molecule has 0 saturated carbocycles. The summed E-state index contributed by atoms with van der Waals surface area (Å²) in [5, 5.41) is 3.98. The van der Waals surface area contributed by atoms with Crippen LogP contribution in [0, 0.1) is 20.8 Å². The fraction of sp³-hybridized carbons (Fsp3) is 0.120. The average Bonchev–Trinajstić information content (AvgIpc) is 2.71. The van der Waals surface area contributed by atoms with E-state index in [2.05, 4.69) is 21.2 Å². The Balaban J connectivity index is 1.93. The normalized spacial score (nSPS) is 10.9. The molecule has 29 heavy (non-hydrogen) atoms. The summed E-state index contributed by atoms with van der Waals surface area (Å²) >= 11 is 3.53.